The molecule has 2 N–H and O–H groups in total. The molecular formula is C16H17F3N2. The lowest BCUT2D eigenvalue weighted by atomic mass is 10.0. The Balaban J connectivity index is 1.87. The Morgan fingerprint density at radius 1 is 1.05 bits per heavy atom. The molecule has 0 fully saturated rings. The van der Waals surface area contributed by atoms with Crippen LogP contribution in [0.2, 0.25) is 0 Å². The number of aromatic nitrogens is 1. The van der Waals surface area contributed by atoms with Crippen molar-refractivity contribution in [3.05, 3.63) is 65.5 Å². The number of nitrogens with zero attached hydrogens (tertiary/aromatic N) is 1. The van der Waals surface area contributed by atoms with E-state index in [2.05, 4.69) is 4.98 Å². The second-order valence-electron chi connectivity index (χ2n) is 4.95. The summed E-state index contributed by atoms with van der Waals surface area (Å²) in [6.45, 7) is 0. The number of hydrogen-bond acceptors (Lipinski definition) is 2. The third-order valence-corrected chi connectivity index (χ3v) is 3.32. The summed E-state index contributed by atoms with van der Waals surface area (Å²) in [5.41, 5.74) is 6.95. The van der Waals surface area contributed by atoms with E-state index in [9.17, 15) is 13.2 Å². The Kier molecular flexibility index (Phi) is 4.96. The molecule has 0 aliphatic carbocycles. The third-order valence-electron chi connectivity index (χ3n) is 3.32. The highest BCUT2D eigenvalue weighted by Gasteiger charge is 2.30. The molecule has 0 bridgehead atoms. The van der Waals surface area contributed by atoms with E-state index in [1.807, 2.05) is 30.3 Å². The van der Waals surface area contributed by atoms with Crippen molar-refractivity contribution in [2.24, 2.45) is 5.73 Å². The Bertz CT molecular complexity index is 550. The van der Waals surface area contributed by atoms with E-state index in [0.29, 0.717) is 12.1 Å². The molecule has 0 aliphatic rings. The van der Waals surface area contributed by atoms with Gasteiger partial charge in [-0.25, -0.2) is 0 Å². The van der Waals surface area contributed by atoms with Gasteiger partial charge in [-0.2, -0.15) is 13.2 Å². The molecule has 1 unspecified atom stereocenters. The first kappa shape index (κ1) is 15.5. The molecule has 1 aromatic carbocycles. The van der Waals surface area contributed by atoms with Crippen molar-refractivity contribution in [1.82, 2.24) is 4.98 Å². The molecule has 0 aliphatic heterocycles. The Hall–Kier alpha value is -1.88. The van der Waals surface area contributed by atoms with Gasteiger partial charge in [-0.3, -0.25) is 4.98 Å². The lowest BCUT2D eigenvalue weighted by Crippen LogP contribution is -2.13. The summed E-state index contributed by atoms with van der Waals surface area (Å²) >= 11 is 0. The molecule has 0 saturated carbocycles. The minimum absolute atomic E-state index is 0.337. The van der Waals surface area contributed by atoms with E-state index in [1.54, 1.807) is 0 Å². The highest BCUT2D eigenvalue weighted by atomic mass is 19.4. The topological polar surface area (TPSA) is 38.9 Å². The van der Waals surface area contributed by atoms with Crippen LogP contribution in [-0.2, 0) is 12.6 Å². The lowest BCUT2D eigenvalue weighted by Gasteiger charge is -2.12. The standard InChI is InChI=1S/C16H17F3N2/c17-16(18,19)13-9-10-15(21-11-13)14(20)8-4-7-12-5-2-1-3-6-12/h1-3,5-6,9-11,14H,4,7-8,20H2. The summed E-state index contributed by atoms with van der Waals surface area (Å²) < 4.78 is 37.3. The van der Waals surface area contributed by atoms with Crippen LogP contribution in [0.1, 0.15) is 35.7 Å². The maximum atomic E-state index is 12.4. The first-order valence-corrected chi connectivity index (χ1v) is 6.79. The summed E-state index contributed by atoms with van der Waals surface area (Å²) in [5, 5.41) is 0. The number of nitrogens with two attached hydrogens (primary N) is 1. The fourth-order valence-electron chi connectivity index (χ4n) is 2.11. The highest BCUT2D eigenvalue weighted by molar-refractivity contribution is 5.19. The molecule has 0 amide bonds. The first-order valence-electron chi connectivity index (χ1n) is 6.79. The van der Waals surface area contributed by atoms with Crippen LogP contribution in [0.25, 0.3) is 0 Å². The molecule has 1 aromatic heterocycles. The second kappa shape index (κ2) is 6.72. The smallest absolute Gasteiger partial charge is 0.323 e. The predicted molar refractivity (Wildman–Crippen MR) is 75.5 cm³/mol. The van der Waals surface area contributed by atoms with Gasteiger partial charge >= 0.3 is 6.18 Å². The van der Waals surface area contributed by atoms with Gasteiger partial charge in [-0.1, -0.05) is 30.3 Å². The van der Waals surface area contributed by atoms with Crippen LogP contribution in [-0.4, -0.2) is 4.98 Å². The fourth-order valence-corrected chi connectivity index (χ4v) is 2.11. The van der Waals surface area contributed by atoms with Crippen molar-refractivity contribution in [2.75, 3.05) is 0 Å². The van der Waals surface area contributed by atoms with Crippen molar-refractivity contribution in [2.45, 2.75) is 31.5 Å². The number of hydrogen-bond donors (Lipinski definition) is 1. The van der Waals surface area contributed by atoms with Crippen molar-refractivity contribution >= 4 is 0 Å². The maximum Gasteiger partial charge on any atom is 0.417 e. The van der Waals surface area contributed by atoms with Gasteiger partial charge in [0.25, 0.3) is 0 Å². The van der Waals surface area contributed by atoms with Crippen LogP contribution in [0, 0.1) is 0 Å². The Morgan fingerprint density at radius 2 is 1.76 bits per heavy atom. The van der Waals surface area contributed by atoms with Crippen molar-refractivity contribution in [3.63, 3.8) is 0 Å². The van der Waals surface area contributed by atoms with E-state index in [1.165, 1.54) is 11.6 Å². The predicted octanol–water partition coefficient (Wildman–Crippen LogP) is 4.12. The van der Waals surface area contributed by atoms with Gasteiger partial charge in [0.1, 0.15) is 0 Å². The molecule has 5 heteroatoms. The van der Waals surface area contributed by atoms with E-state index in [4.69, 9.17) is 5.73 Å². The average Bonchev–Trinajstić information content (AvgIpc) is 2.47. The van der Waals surface area contributed by atoms with Crippen molar-refractivity contribution < 1.29 is 13.2 Å². The van der Waals surface area contributed by atoms with Crippen LogP contribution in [0.3, 0.4) is 0 Å². The maximum absolute atomic E-state index is 12.4. The zero-order chi connectivity index (χ0) is 15.3. The molecule has 2 nitrogen and oxygen atoms in total. The van der Waals surface area contributed by atoms with Crippen LogP contribution < -0.4 is 5.73 Å². The highest BCUT2D eigenvalue weighted by Crippen LogP contribution is 2.29. The number of pyridine rings is 1. The summed E-state index contributed by atoms with van der Waals surface area (Å²) in [5.74, 6) is 0. The van der Waals surface area contributed by atoms with Crippen LogP contribution in [0.5, 0.6) is 0 Å². The molecule has 21 heavy (non-hydrogen) atoms. The summed E-state index contributed by atoms with van der Waals surface area (Å²) in [7, 11) is 0. The van der Waals surface area contributed by atoms with E-state index < -0.39 is 11.7 Å². The second-order valence-corrected chi connectivity index (χ2v) is 4.95. The monoisotopic (exact) mass is 294 g/mol. The van der Waals surface area contributed by atoms with Gasteiger partial charge in [0, 0.05) is 12.2 Å². The van der Waals surface area contributed by atoms with Crippen molar-refractivity contribution in [1.29, 1.82) is 0 Å². The number of halogens is 3. The number of benzene rings is 1. The third kappa shape index (κ3) is 4.56. The van der Waals surface area contributed by atoms with Gasteiger partial charge in [0.05, 0.1) is 11.3 Å². The average molecular weight is 294 g/mol. The SMILES string of the molecule is NC(CCCc1ccccc1)c1ccc(C(F)(F)F)cn1. The van der Waals surface area contributed by atoms with Crippen molar-refractivity contribution in [3.8, 4) is 0 Å². The molecule has 1 heterocycles. The molecule has 0 saturated heterocycles. The number of rotatable bonds is 5. The molecule has 112 valence electrons. The number of alkyl halides is 3. The summed E-state index contributed by atoms with van der Waals surface area (Å²) in [6, 6.07) is 12.1. The lowest BCUT2D eigenvalue weighted by molar-refractivity contribution is -0.137. The zero-order valence-electron chi connectivity index (χ0n) is 11.5. The van der Waals surface area contributed by atoms with Gasteiger partial charge in [-0.05, 0) is 37.0 Å². The Labute approximate surface area is 121 Å². The van der Waals surface area contributed by atoms with Crippen LogP contribution in [0.4, 0.5) is 13.2 Å². The molecule has 1 atom stereocenters. The fraction of sp³-hybridized carbons (Fsp3) is 0.312. The van der Waals surface area contributed by atoms with Gasteiger partial charge < -0.3 is 5.73 Å². The van der Waals surface area contributed by atoms with Crippen LogP contribution >= 0.6 is 0 Å². The first-order chi connectivity index (χ1) is 9.97. The summed E-state index contributed by atoms with van der Waals surface area (Å²) in [4.78, 5) is 3.83. The molecular weight excluding hydrogens is 277 g/mol. The molecule has 2 rings (SSSR count). The quantitative estimate of drug-likeness (QED) is 0.900. The van der Waals surface area contributed by atoms with Gasteiger partial charge in [0.15, 0.2) is 0 Å². The molecule has 0 radical (unpaired) electrons. The normalized spacial score (nSPS) is 13.1. The van der Waals surface area contributed by atoms with E-state index in [-0.39, 0.29) is 6.04 Å². The molecule has 0 spiro atoms. The largest absolute Gasteiger partial charge is 0.417 e. The molecule has 2 aromatic rings. The van der Waals surface area contributed by atoms with Crippen LogP contribution in [0.15, 0.2) is 48.7 Å². The minimum atomic E-state index is -4.36. The Morgan fingerprint density at radius 3 is 2.33 bits per heavy atom. The number of aryl methyl sites for hydroxylation is 1. The van der Waals surface area contributed by atoms with E-state index in [0.717, 1.165) is 25.1 Å². The van der Waals surface area contributed by atoms with Gasteiger partial charge in [-0.15, -0.1) is 0 Å². The minimum Gasteiger partial charge on any atom is -0.323 e. The van der Waals surface area contributed by atoms with Gasteiger partial charge in [0.2, 0.25) is 0 Å². The zero-order valence-corrected chi connectivity index (χ0v) is 11.5. The summed E-state index contributed by atoms with van der Waals surface area (Å²) in [6.07, 6.45) is -1.06. The van der Waals surface area contributed by atoms with E-state index >= 15 is 0 Å².